The molecule has 0 atom stereocenters. The van der Waals surface area contributed by atoms with E-state index in [1.54, 1.807) is 24.3 Å². The third kappa shape index (κ3) is 5.42. The van der Waals surface area contributed by atoms with Crippen molar-refractivity contribution >= 4 is 23.6 Å². The molecule has 21 heavy (non-hydrogen) atoms. The van der Waals surface area contributed by atoms with Gasteiger partial charge in [0.15, 0.2) is 5.43 Å². The minimum atomic E-state index is -0.0371. The van der Waals surface area contributed by atoms with Crippen molar-refractivity contribution in [2.24, 2.45) is 0 Å². The Morgan fingerprint density at radius 1 is 1.10 bits per heavy atom. The first kappa shape index (κ1) is 21.2. The molecule has 1 aromatic carbocycles. The van der Waals surface area contributed by atoms with E-state index in [0.717, 1.165) is 0 Å². The Hall–Kier alpha value is -2.09. The molecule has 2 aromatic rings. The first-order chi connectivity index (χ1) is 9.74. The summed E-state index contributed by atoms with van der Waals surface area (Å²) in [6.45, 7) is 13.6. The second kappa shape index (κ2) is 11.7. The van der Waals surface area contributed by atoms with Crippen molar-refractivity contribution in [2.75, 3.05) is 0 Å². The van der Waals surface area contributed by atoms with Crippen LogP contribution in [0.25, 0.3) is 23.6 Å². The van der Waals surface area contributed by atoms with Gasteiger partial charge in [-0.15, -0.1) is 0 Å². The zero-order chi connectivity index (χ0) is 15.5. The summed E-state index contributed by atoms with van der Waals surface area (Å²) in [6.07, 6.45) is 5.38. The average molecular weight is 288 g/mol. The summed E-state index contributed by atoms with van der Waals surface area (Å²) in [7, 11) is 0. The highest BCUT2D eigenvalue weighted by Gasteiger charge is 2.01. The first-order valence-corrected chi connectivity index (χ1v) is 7.08. The molecule has 0 aliphatic carbocycles. The molecule has 0 saturated carbocycles. The highest BCUT2D eigenvalue weighted by atomic mass is 16.3. The number of benzene rings is 1. The molecule has 0 aliphatic rings. The maximum Gasteiger partial charge on any atom is 0.200 e. The number of fused-ring (bicyclic) bond motifs is 1. The van der Waals surface area contributed by atoms with Crippen LogP contribution in [-0.2, 0) is 0 Å². The molecular formula is C19H28O2. The normalized spacial score (nSPS) is 10.2. The second-order valence-electron chi connectivity index (χ2n) is 3.46. The monoisotopic (exact) mass is 288 g/mol. The van der Waals surface area contributed by atoms with Crippen LogP contribution in [-0.4, -0.2) is 0 Å². The summed E-state index contributed by atoms with van der Waals surface area (Å²) in [5.41, 5.74) is 0.946. The Balaban J connectivity index is 0. The highest BCUT2D eigenvalue weighted by Crippen LogP contribution is 2.04. The minimum absolute atomic E-state index is 0. The van der Waals surface area contributed by atoms with Crippen LogP contribution in [0.15, 0.2) is 45.6 Å². The summed E-state index contributed by atoms with van der Waals surface area (Å²) in [5, 5.41) is 1.10. The van der Waals surface area contributed by atoms with Crippen molar-refractivity contribution in [1.29, 1.82) is 0 Å². The van der Waals surface area contributed by atoms with E-state index in [2.05, 4.69) is 6.58 Å². The summed E-state index contributed by atoms with van der Waals surface area (Å²) in [6, 6.07) is 7.18. The third-order valence-corrected chi connectivity index (χ3v) is 2.37. The zero-order valence-corrected chi connectivity index (χ0v) is 13.1. The van der Waals surface area contributed by atoms with Crippen LogP contribution in [0.2, 0.25) is 0 Å². The van der Waals surface area contributed by atoms with Gasteiger partial charge in [0.05, 0.1) is 10.6 Å². The standard InChI is InChI=1S/C14H12O2.2C2H6.CH4/c1-3-4-7-11-10(2)16-13-9-6-5-8-12(13)14(11)15;2*1-2;/h3-9H,2H2,1H3;2*1-2H3;1H4/b4-3-,11-7+;;;. The molecule has 0 fully saturated rings. The van der Waals surface area contributed by atoms with Crippen molar-refractivity contribution in [3.63, 3.8) is 0 Å². The van der Waals surface area contributed by atoms with Crippen molar-refractivity contribution in [3.05, 3.63) is 57.3 Å². The lowest BCUT2D eigenvalue weighted by Crippen LogP contribution is -2.37. The van der Waals surface area contributed by atoms with Gasteiger partial charge in [-0.25, -0.2) is 0 Å². The fraction of sp³-hybridized carbons (Fsp3) is 0.316. The van der Waals surface area contributed by atoms with Crippen LogP contribution in [0.1, 0.15) is 42.0 Å². The lowest BCUT2D eigenvalue weighted by molar-refractivity contribution is 0.561. The van der Waals surface area contributed by atoms with Gasteiger partial charge in [-0.05, 0) is 25.1 Å². The van der Waals surface area contributed by atoms with Crippen LogP contribution >= 0.6 is 0 Å². The Kier molecular flexibility index (Phi) is 11.8. The van der Waals surface area contributed by atoms with Crippen LogP contribution in [0.4, 0.5) is 0 Å². The molecule has 0 spiro atoms. The Labute approximate surface area is 128 Å². The van der Waals surface area contributed by atoms with Crippen molar-refractivity contribution in [2.45, 2.75) is 42.0 Å². The third-order valence-electron chi connectivity index (χ3n) is 2.37. The maximum atomic E-state index is 12.1. The van der Waals surface area contributed by atoms with E-state index in [0.29, 0.717) is 21.6 Å². The lowest BCUT2D eigenvalue weighted by atomic mass is 10.2. The van der Waals surface area contributed by atoms with Gasteiger partial charge < -0.3 is 4.42 Å². The van der Waals surface area contributed by atoms with E-state index in [4.69, 9.17) is 4.42 Å². The molecule has 0 radical (unpaired) electrons. The Bertz CT molecular complexity index is 706. The van der Waals surface area contributed by atoms with Gasteiger partial charge in [-0.3, -0.25) is 4.79 Å². The fourth-order valence-corrected chi connectivity index (χ4v) is 1.56. The van der Waals surface area contributed by atoms with Gasteiger partial charge in [0.25, 0.3) is 0 Å². The van der Waals surface area contributed by atoms with Gasteiger partial charge in [0, 0.05) is 0 Å². The molecule has 0 unspecified atom stereocenters. The number of allylic oxidation sites excluding steroid dienone is 2. The van der Waals surface area contributed by atoms with E-state index < -0.39 is 0 Å². The Morgan fingerprint density at radius 3 is 2.24 bits per heavy atom. The van der Waals surface area contributed by atoms with Crippen LogP contribution in [0.3, 0.4) is 0 Å². The molecule has 0 bridgehead atoms. The summed E-state index contributed by atoms with van der Waals surface area (Å²) < 4.78 is 5.49. The number of para-hydroxylation sites is 1. The molecule has 0 aliphatic heterocycles. The second-order valence-corrected chi connectivity index (χ2v) is 3.46. The van der Waals surface area contributed by atoms with Gasteiger partial charge in [-0.1, -0.05) is 66.0 Å². The smallest absolute Gasteiger partial charge is 0.200 e. The van der Waals surface area contributed by atoms with Gasteiger partial charge in [0.1, 0.15) is 11.0 Å². The predicted molar refractivity (Wildman–Crippen MR) is 96.0 cm³/mol. The van der Waals surface area contributed by atoms with E-state index in [1.807, 2.05) is 52.8 Å². The summed E-state index contributed by atoms with van der Waals surface area (Å²) >= 11 is 0. The summed E-state index contributed by atoms with van der Waals surface area (Å²) in [5.74, 6) is 0. The average Bonchev–Trinajstić information content (AvgIpc) is 2.51. The quantitative estimate of drug-likeness (QED) is 0.785. The highest BCUT2D eigenvalue weighted by molar-refractivity contribution is 5.76. The fourth-order valence-electron chi connectivity index (χ4n) is 1.56. The Morgan fingerprint density at radius 2 is 1.67 bits per heavy atom. The van der Waals surface area contributed by atoms with Crippen LogP contribution in [0, 0.1) is 0 Å². The number of rotatable bonds is 1. The largest absolute Gasteiger partial charge is 0.456 e. The van der Waals surface area contributed by atoms with Crippen molar-refractivity contribution in [1.82, 2.24) is 0 Å². The van der Waals surface area contributed by atoms with E-state index in [1.165, 1.54) is 0 Å². The first-order valence-electron chi connectivity index (χ1n) is 7.08. The minimum Gasteiger partial charge on any atom is -0.456 e. The SMILES string of the molecule is C.C=c1oc2ccccc2c(=O)/c1=C/C=C\C.CC.CC. The molecule has 2 rings (SSSR count). The maximum absolute atomic E-state index is 12.1. The predicted octanol–water partition coefficient (Wildman–Crippen LogP) is 4.25. The molecule has 2 heteroatoms. The lowest BCUT2D eigenvalue weighted by Gasteiger charge is -1.95. The van der Waals surface area contributed by atoms with Gasteiger partial charge in [0.2, 0.25) is 0 Å². The number of hydrogen-bond acceptors (Lipinski definition) is 2. The molecule has 1 heterocycles. The van der Waals surface area contributed by atoms with Gasteiger partial charge >= 0.3 is 0 Å². The molecule has 0 amide bonds. The zero-order valence-electron chi connectivity index (χ0n) is 13.1. The molecule has 2 nitrogen and oxygen atoms in total. The van der Waals surface area contributed by atoms with Gasteiger partial charge in [-0.2, -0.15) is 0 Å². The topological polar surface area (TPSA) is 30.2 Å². The number of hydrogen-bond donors (Lipinski definition) is 0. The van der Waals surface area contributed by atoms with Crippen molar-refractivity contribution in [3.8, 4) is 0 Å². The van der Waals surface area contributed by atoms with Crippen molar-refractivity contribution < 1.29 is 4.42 Å². The molecule has 1 aromatic heterocycles. The van der Waals surface area contributed by atoms with E-state index >= 15 is 0 Å². The molecule has 0 saturated heterocycles. The molecule has 0 N–H and O–H groups in total. The molecular weight excluding hydrogens is 260 g/mol. The van der Waals surface area contributed by atoms with Crippen LogP contribution < -0.4 is 16.1 Å². The van der Waals surface area contributed by atoms with E-state index in [-0.39, 0.29) is 12.9 Å². The summed E-state index contributed by atoms with van der Waals surface area (Å²) in [4.78, 5) is 12.1. The van der Waals surface area contributed by atoms with Crippen LogP contribution in [0.5, 0.6) is 0 Å². The molecule has 116 valence electrons. The van der Waals surface area contributed by atoms with E-state index in [9.17, 15) is 4.79 Å².